The molecule has 0 aliphatic rings. The van der Waals surface area contributed by atoms with Crippen LogP contribution in [0.5, 0.6) is 0 Å². The van der Waals surface area contributed by atoms with Gasteiger partial charge < -0.3 is 5.32 Å². The van der Waals surface area contributed by atoms with Gasteiger partial charge in [-0.2, -0.15) is 0 Å². The van der Waals surface area contributed by atoms with Gasteiger partial charge in [-0.3, -0.25) is 0 Å². The second kappa shape index (κ2) is 6.25. The lowest BCUT2D eigenvalue weighted by Crippen LogP contribution is -2.08. The highest BCUT2D eigenvalue weighted by molar-refractivity contribution is 14.1. The average molecular weight is 319 g/mol. The van der Waals surface area contributed by atoms with Gasteiger partial charge in [-0.25, -0.2) is 9.97 Å². The standard InChI is InChI=1S/C11H18IN3/c1-4-5-13-11-9(12)7-14-10(15-11)6-8(2)3/h7-8H,4-6H2,1-3H3,(H,13,14,15). The third-order valence-electron chi connectivity index (χ3n) is 1.93. The van der Waals surface area contributed by atoms with E-state index in [0.717, 1.165) is 34.6 Å². The maximum Gasteiger partial charge on any atom is 0.143 e. The van der Waals surface area contributed by atoms with Gasteiger partial charge in [0, 0.05) is 19.2 Å². The Labute approximate surface area is 105 Å². The maximum atomic E-state index is 4.52. The fourth-order valence-electron chi connectivity index (χ4n) is 1.23. The largest absolute Gasteiger partial charge is 0.369 e. The third-order valence-corrected chi connectivity index (χ3v) is 2.72. The molecule has 0 aromatic carbocycles. The third kappa shape index (κ3) is 4.32. The predicted molar refractivity (Wildman–Crippen MR) is 72.1 cm³/mol. The number of nitrogens with one attached hydrogen (secondary N) is 1. The Balaban J connectivity index is 2.75. The van der Waals surface area contributed by atoms with Crippen LogP contribution in [0.25, 0.3) is 0 Å². The first-order valence-electron chi connectivity index (χ1n) is 5.38. The van der Waals surface area contributed by atoms with Crippen LogP contribution in [-0.4, -0.2) is 16.5 Å². The summed E-state index contributed by atoms with van der Waals surface area (Å²) in [6.07, 6.45) is 3.95. The van der Waals surface area contributed by atoms with E-state index in [-0.39, 0.29) is 0 Å². The molecule has 0 amide bonds. The molecule has 0 aliphatic carbocycles. The molecule has 1 aromatic heterocycles. The minimum absolute atomic E-state index is 0.601. The molecule has 1 heterocycles. The Kier molecular flexibility index (Phi) is 5.28. The van der Waals surface area contributed by atoms with E-state index in [0.29, 0.717) is 5.92 Å². The Hall–Kier alpha value is -0.390. The van der Waals surface area contributed by atoms with Crippen LogP contribution in [0.2, 0.25) is 0 Å². The number of aromatic nitrogens is 2. The summed E-state index contributed by atoms with van der Waals surface area (Å²) in [5.74, 6) is 2.51. The van der Waals surface area contributed by atoms with Crippen LogP contribution in [0.3, 0.4) is 0 Å². The number of hydrogen-bond acceptors (Lipinski definition) is 3. The molecule has 84 valence electrons. The summed E-state index contributed by atoms with van der Waals surface area (Å²) in [4.78, 5) is 8.85. The van der Waals surface area contributed by atoms with Gasteiger partial charge in [0.1, 0.15) is 11.6 Å². The fourth-order valence-corrected chi connectivity index (χ4v) is 1.69. The van der Waals surface area contributed by atoms with E-state index in [1.54, 1.807) is 0 Å². The van der Waals surface area contributed by atoms with Crippen molar-refractivity contribution in [2.75, 3.05) is 11.9 Å². The van der Waals surface area contributed by atoms with E-state index in [1.165, 1.54) is 0 Å². The SMILES string of the molecule is CCCNc1nc(CC(C)C)ncc1I. The Morgan fingerprint density at radius 3 is 2.80 bits per heavy atom. The number of hydrogen-bond donors (Lipinski definition) is 1. The molecule has 1 aromatic rings. The second-order valence-corrected chi connectivity index (χ2v) is 5.17. The van der Waals surface area contributed by atoms with Crippen molar-refractivity contribution in [1.82, 2.24) is 9.97 Å². The van der Waals surface area contributed by atoms with E-state index in [4.69, 9.17) is 0 Å². The van der Waals surface area contributed by atoms with Gasteiger partial charge in [0.25, 0.3) is 0 Å². The number of halogens is 1. The molecule has 0 saturated carbocycles. The van der Waals surface area contributed by atoms with Crippen molar-refractivity contribution in [3.63, 3.8) is 0 Å². The van der Waals surface area contributed by atoms with Gasteiger partial charge in [0.15, 0.2) is 0 Å². The molecule has 4 heteroatoms. The molecule has 1 rings (SSSR count). The van der Waals surface area contributed by atoms with Gasteiger partial charge in [0.05, 0.1) is 3.57 Å². The first kappa shape index (κ1) is 12.7. The molecule has 15 heavy (non-hydrogen) atoms. The smallest absolute Gasteiger partial charge is 0.143 e. The zero-order valence-electron chi connectivity index (χ0n) is 9.55. The molecular formula is C11H18IN3. The molecule has 0 bridgehead atoms. The molecule has 0 aliphatic heterocycles. The van der Waals surface area contributed by atoms with Crippen LogP contribution in [0, 0.1) is 9.49 Å². The van der Waals surface area contributed by atoms with Crippen LogP contribution in [0.1, 0.15) is 33.0 Å². The van der Waals surface area contributed by atoms with Crippen molar-refractivity contribution >= 4 is 28.4 Å². The average Bonchev–Trinajstić information content (AvgIpc) is 2.18. The van der Waals surface area contributed by atoms with Crippen LogP contribution in [0.15, 0.2) is 6.20 Å². The van der Waals surface area contributed by atoms with Gasteiger partial charge in [-0.15, -0.1) is 0 Å². The molecular weight excluding hydrogens is 301 g/mol. The number of nitrogens with zero attached hydrogens (tertiary/aromatic N) is 2. The number of rotatable bonds is 5. The molecule has 0 atom stereocenters. The monoisotopic (exact) mass is 319 g/mol. The van der Waals surface area contributed by atoms with E-state index < -0.39 is 0 Å². The quantitative estimate of drug-likeness (QED) is 0.848. The molecule has 1 N–H and O–H groups in total. The predicted octanol–water partition coefficient (Wildman–Crippen LogP) is 3.10. The van der Waals surface area contributed by atoms with Crippen molar-refractivity contribution in [2.45, 2.75) is 33.6 Å². The van der Waals surface area contributed by atoms with Crippen molar-refractivity contribution in [2.24, 2.45) is 5.92 Å². The molecule has 0 radical (unpaired) electrons. The van der Waals surface area contributed by atoms with E-state index >= 15 is 0 Å². The highest BCUT2D eigenvalue weighted by Gasteiger charge is 2.05. The number of anilines is 1. The minimum Gasteiger partial charge on any atom is -0.369 e. The first-order valence-corrected chi connectivity index (χ1v) is 6.46. The fraction of sp³-hybridized carbons (Fsp3) is 0.636. The van der Waals surface area contributed by atoms with Crippen LogP contribution in [0.4, 0.5) is 5.82 Å². The molecule has 0 spiro atoms. The van der Waals surface area contributed by atoms with Crippen LogP contribution in [-0.2, 0) is 6.42 Å². The summed E-state index contributed by atoms with van der Waals surface area (Å²) in [6.45, 7) is 7.48. The summed E-state index contributed by atoms with van der Waals surface area (Å²) < 4.78 is 1.09. The Morgan fingerprint density at radius 2 is 2.20 bits per heavy atom. The van der Waals surface area contributed by atoms with Crippen molar-refractivity contribution in [3.05, 3.63) is 15.6 Å². The lowest BCUT2D eigenvalue weighted by molar-refractivity contribution is 0.620. The molecule has 0 unspecified atom stereocenters. The highest BCUT2D eigenvalue weighted by Crippen LogP contribution is 2.15. The highest BCUT2D eigenvalue weighted by atomic mass is 127. The minimum atomic E-state index is 0.601. The summed E-state index contributed by atoms with van der Waals surface area (Å²) in [6, 6.07) is 0. The van der Waals surface area contributed by atoms with E-state index in [9.17, 15) is 0 Å². The second-order valence-electron chi connectivity index (χ2n) is 4.01. The zero-order valence-corrected chi connectivity index (χ0v) is 11.7. The van der Waals surface area contributed by atoms with Gasteiger partial charge in [0.2, 0.25) is 0 Å². The van der Waals surface area contributed by atoms with Crippen LogP contribution >= 0.6 is 22.6 Å². The lowest BCUT2D eigenvalue weighted by atomic mass is 10.1. The summed E-state index contributed by atoms with van der Waals surface area (Å²) in [7, 11) is 0. The normalized spacial score (nSPS) is 10.7. The molecule has 0 fully saturated rings. The van der Waals surface area contributed by atoms with Gasteiger partial charge >= 0.3 is 0 Å². The van der Waals surface area contributed by atoms with E-state index in [2.05, 4.69) is 58.6 Å². The lowest BCUT2D eigenvalue weighted by Gasteiger charge is -2.09. The van der Waals surface area contributed by atoms with Crippen molar-refractivity contribution in [3.8, 4) is 0 Å². The van der Waals surface area contributed by atoms with Gasteiger partial charge in [-0.1, -0.05) is 20.8 Å². The Morgan fingerprint density at radius 1 is 1.47 bits per heavy atom. The summed E-state index contributed by atoms with van der Waals surface area (Å²) in [5, 5.41) is 3.32. The maximum absolute atomic E-state index is 4.52. The topological polar surface area (TPSA) is 37.8 Å². The van der Waals surface area contributed by atoms with Gasteiger partial charge in [-0.05, 0) is 34.9 Å². The van der Waals surface area contributed by atoms with Crippen molar-refractivity contribution in [1.29, 1.82) is 0 Å². The zero-order chi connectivity index (χ0) is 11.3. The summed E-state index contributed by atoms with van der Waals surface area (Å²) >= 11 is 2.26. The summed E-state index contributed by atoms with van der Waals surface area (Å²) in [5.41, 5.74) is 0. The first-order chi connectivity index (χ1) is 7.13. The Bertz CT molecular complexity index is 313. The molecule has 0 saturated heterocycles. The van der Waals surface area contributed by atoms with Crippen molar-refractivity contribution < 1.29 is 0 Å². The van der Waals surface area contributed by atoms with E-state index in [1.807, 2.05) is 6.20 Å². The molecule has 3 nitrogen and oxygen atoms in total. The van der Waals surface area contributed by atoms with Crippen LogP contribution < -0.4 is 5.32 Å².